The Bertz CT molecular complexity index is 510. The van der Waals surface area contributed by atoms with Crippen LogP contribution in [-0.4, -0.2) is 10.1 Å². The van der Waals surface area contributed by atoms with Gasteiger partial charge >= 0.3 is 0 Å². The van der Waals surface area contributed by atoms with Crippen molar-refractivity contribution in [3.05, 3.63) is 64.4 Å². The molecule has 0 aliphatic carbocycles. The minimum Gasteiger partial charge on any atom is -0.388 e. The molecule has 1 heterocycles. The maximum absolute atomic E-state index is 10.1. The summed E-state index contributed by atoms with van der Waals surface area (Å²) in [6.45, 7) is 2.09. The highest BCUT2D eigenvalue weighted by molar-refractivity contribution is 6.30. The van der Waals surface area contributed by atoms with Crippen LogP contribution >= 0.6 is 11.6 Å². The van der Waals surface area contributed by atoms with E-state index in [-0.39, 0.29) is 0 Å². The number of aryl methyl sites for hydroxylation is 1. The van der Waals surface area contributed by atoms with E-state index in [0.717, 1.165) is 17.7 Å². The average molecular weight is 262 g/mol. The monoisotopic (exact) mass is 261 g/mol. The summed E-state index contributed by atoms with van der Waals surface area (Å²) in [6, 6.07) is 11.3. The summed E-state index contributed by atoms with van der Waals surface area (Å²) in [5.74, 6) is 0. The lowest BCUT2D eigenvalue weighted by atomic mass is 10.0. The number of rotatable bonds is 4. The number of nitrogens with zero attached hydrogens (tertiary/aromatic N) is 1. The normalized spacial score (nSPS) is 12.4. The molecule has 2 rings (SSSR count). The van der Waals surface area contributed by atoms with Gasteiger partial charge in [0.2, 0.25) is 0 Å². The van der Waals surface area contributed by atoms with Crippen LogP contribution in [0.1, 0.15) is 29.8 Å². The summed E-state index contributed by atoms with van der Waals surface area (Å²) in [7, 11) is 0. The van der Waals surface area contributed by atoms with Crippen LogP contribution in [-0.2, 0) is 12.8 Å². The van der Waals surface area contributed by atoms with Gasteiger partial charge in [-0.05, 0) is 35.7 Å². The molecule has 1 N–H and O–H groups in total. The maximum Gasteiger partial charge on any atom is 0.0845 e. The molecule has 2 nitrogen and oxygen atoms in total. The van der Waals surface area contributed by atoms with Crippen LogP contribution in [0.4, 0.5) is 0 Å². The number of hydrogen-bond acceptors (Lipinski definition) is 2. The first kappa shape index (κ1) is 13.1. The van der Waals surface area contributed by atoms with Crippen LogP contribution in [0.5, 0.6) is 0 Å². The second-order valence-corrected chi connectivity index (χ2v) is 4.72. The van der Waals surface area contributed by atoms with E-state index in [2.05, 4.69) is 11.9 Å². The Balaban J connectivity index is 2.08. The number of aromatic nitrogens is 1. The molecule has 0 aliphatic heterocycles. The van der Waals surface area contributed by atoms with Crippen molar-refractivity contribution in [2.24, 2.45) is 0 Å². The van der Waals surface area contributed by atoms with Gasteiger partial charge in [-0.2, -0.15) is 0 Å². The summed E-state index contributed by atoms with van der Waals surface area (Å²) >= 11 is 5.90. The van der Waals surface area contributed by atoms with Gasteiger partial charge < -0.3 is 5.11 Å². The third kappa shape index (κ3) is 3.31. The van der Waals surface area contributed by atoms with Crippen molar-refractivity contribution in [1.29, 1.82) is 0 Å². The van der Waals surface area contributed by atoms with E-state index in [4.69, 9.17) is 11.6 Å². The van der Waals surface area contributed by atoms with Crippen LogP contribution in [0, 0.1) is 0 Å². The molecule has 3 heteroatoms. The molecule has 0 saturated heterocycles. The molecule has 0 aliphatic rings. The molecule has 0 fully saturated rings. The summed E-state index contributed by atoms with van der Waals surface area (Å²) in [5.41, 5.74) is 2.92. The molecular weight excluding hydrogens is 246 g/mol. The summed E-state index contributed by atoms with van der Waals surface area (Å²) in [5, 5.41) is 10.8. The molecule has 1 aromatic carbocycles. The molecule has 0 bridgehead atoms. The second-order valence-electron chi connectivity index (χ2n) is 4.29. The van der Waals surface area contributed by atoms with Gasteiger partial charge in [-0.3, -0.25) is 4.98 Å². The lowest BCUT2D eigenvalue weighted by molar-refractivity contribution is 0.177. The smallest absolute Gasteiger partial charge is 0.0845 e. The van der Waals surface area contributed by atoms with E-state index in [1.807, 2.05) is 30.5 Å². The van der Waals surface area contributed by atoms with Crippen molar-refractivity contribution in [3.63, 3.8) is 0 Å². The van der Waals surface area contributed by atoms with Crippen molar-refractivity contribution >= 4 is 11.6 Å². The summed E-state index contributed by atoms with van der Waals surface area (Å²) < 4.78 is 0. The summed E-state index contributed by atoms with van der Waals surface area (Å²) in [4.78, 5) is 4.34. The first-order valence-electron chi connectivity index (χ1n) is 6.06. The van der Waals surface area contributed by atoms with Crippen LogP contribution in [0.3, 0.4) is 0 Å². The highest BCUT2D eigenvalue weighted by atomic mass is 35.5. The number of aliphatic hydroxyl groups excluding tert-OH is 1. The van der Waals surface area contributed by atoms with Crippen molar-refractivity contribution in [2.45, 2.75) is 25.9 Å². The fourth-order valence-electron chi connectivity index (χ4n) is 1.81. The third-order valence-electron chi connectivity index (χ3n) is 2.93. The molecule has 0 spiro atoms. The molecule has 1 atom stereocenters. The lowest BCUT2D eigenvalue weighted by Gasteiger charge is -2.11. The lowest BCUT2D eigenvalue weighted by Crippen LogP contribution is -2.03. The topological polar surface area (TPSA) is 33.1 Å². The molecule has 1 unspecified atom stereocenters. The Hall–Kier alpha value is -1.38. The molecule has 1 aromatic heterocycles. The van der Waals surface area contributed by atoms with E-state index >= 15 is 0 Å². The largest absolute Gasteiger partial charge is 0.388 e. The van der Waals surface area contributed by atoms with Gasteiger partial charge in [0, 0.05) is 23.3 Å². The van der Waals surface area contributed by atoms with E-state index in [1.54, 1.807) is 12.1 Å². The van der Waals surface area contributed by atoms with Gasteiger partial charge in [0.1, 0.15) is 0 Å². The van der Waals surface area contributed by atoms with E-state index in [9.17, 15) is 5.11 Å². The standard InChI is InChI=1S/C15H16ClNO/c1-2-11-6-7-14(17-10-11)9-15(18)12-4-3-5-13(16)8-12/h3-8,10,15,18H,2,9H2,1H3. The zero-order valence-electron chi connectivity index (χ0n) is 10.3. The van der Waals surface area contributed by atoms with E-state index < -0.39 is 6.10 Å². The predicted octanol–water partition coefficient (Wildman–Crippen LogP) is 3.57. The van der Waals surface area contributed by atoms with Crippen molar-refractivity contribution in [3.8, 4) is 0 Å². The van der Waals surface area contributed by atoms with Gasteiger partial charge in [-0.1, -0.05) is 36.7 Å². The Morgan fingerprint density at radius 1 is 1.28 bits per heavy atom. The van der Waals surface area contributed by atoms with E-state index in [0.29, 0.717) is 11.4 Å². The first-order valence-corrected chi connectivity index (χ1v) is 6.44. The predicted molar refractivity (Wildman–Crippen MR) is 73.7 cm³/mol. The van der Waals surface area contributed by atoms with Gasteiger partial charge in [0.05, 0.1) is 6.10 Å². The molecule has 0 saturated carbocycles. The fraction of sp³-hybridized carbons (Fsp3) is 0.267. The Morgan fingerprint density at radius 3 is 2.72 bits per heavy atom. The van der Waals surface area contributed by atoms with Crippen molar-refractivity contribution < 1.29 is 5.11 Å². The highest BCUT2D eigenvalue weighted by Gasteiger charge is 2.09. The van der Waals surface area contributed by atoms with Gasteiger partial charge in [-0.15, -0.1) is 0 Å². The van der Waals surface area contributed by atoms with Crippen molar-refractivity contribution in [2.75, 3.05) is 0 Å². The first-order chi connectivity index (χ1) is 8.69. The molecule has 0 amide bonds. The fourth-order valence-corrected chi connectivity index (χ4v) is 2.01. The van der Waals surface area contributed by atoms with Gasteiger partial charge in [0.25, 0.3) is 0 Å². The third-order valence-corrected chi connectivity index (χ3v) is 3.17. The molecular formula is C15H16ClNO. The Labute approximate surface area is 112 Å². The molecule has 0 radical (unpaired) electrons. The van der Waals surface area contributed by atoms with Gasteiger partial charge in [-0.25, -0.2) is 0 Å². The molecule has 94 valence electrons. The molecule has 18 heavy (non-hydrogen) atoms. The SMILES string of the molecule is CCc1ccc(CC(O)c2cccc(Cl)c2)nc1. The van der Waals surface area contributed by atoms with Crippen LogP contribution in [0.15, 0.2) is 42.6 Å². The van der Waals surface area contributed by atoms with Crippen LogP contribution in [0.2, 0.25) is 5.02 Å². The Morgan fingerprint density at radius 2 is 2.11 bits per heavy atom. The minimum absolute atomic E-state index is 0.504. The maximum atomic E-state index is 10.1. The zero-order chi connectivity index (χ0) is 13.0. The minimum atomic E-state index is -0.566. The summed E-state index contributed by atoms with van der Waals surface area (Å²) in [6.07, 6.45) is 2.78. The van der Waals surface area contributed by atoms with E-state index in [1.165, 1.54) is 5.56 Å². The molecule has 2 aromatic rings. The zero-order valence-corrected chi connectivity index (χ0v) is 11.1. The second kappa shape index (κ2) is 5.98. The number of pyridine rings is 1. The number of hydrogen-bond donors (Lipinski definition) is 1. The van der Waals surface area contributed by atoms with Crippen molar-refractivity contribution in [1.82, 2.24) is 4.98 Å². The van der Waals surface area contributed by atoms with Gasteiger partial charge in [0.15, 0.2) is 0 Å². The number of halogens is 1. The number of benzene rings is 1. The average Bonchev–Trinajstić information content (AvgIpc) is 2.39. The highest BCUT2D eigenvalue weighted by Crippen LogP contribution is 2.20. The Kier molecular flexibility index (Phi) is 4.34. The van der Waals surface area contributed by atoms with Crippen LogP contribution in [0.25, 0.3) is 0 Å². The quantitative estimate of drug-likeness (QED) is 0.913. The van der Waals surface area contributed by atoms with Crippen LogP contribution < -0.4 is 0 Å². The number of aliphatic hydroxyl groups is 1.